The lowest BCUT2D eigenvalue weighted by atomic mass is 10.3. The molecule has 0 unspecified atom stereocenters. The number of benzene rings is 1. The van der Waals surface area contributed by atoms with E-state index in [2.05, 4.69) is 0 Å². The fourth-order valence-electron chi connectivity index (χ4n) is 0.859. The topological polar surface area (TPSA) is 29.5 Å². The molecule has 0 spiro atoms. The maximum atomic E-state index is 11.7. The number of halogens is 3. The molecule has 1 aromatic carbocycles. The van der Waals surface area contributed by atoms with Crippen LogP contribution in [0.4, 0.5) is 13.2 Å². The van der Waals surface area contributed by atoms with Gasteiger partial charge in [-0.1, -0.05) is 0 Å². The minimum Gasteiger partial charge on any atom is -0.508 e. The summed E-state index contributed by atoms with van der Waals surface area (Å²) in [4.78, 5) is 0. The van der Waals surface area contributed by atoms with E-state index >= 15 is 0 Å². The maximum Gasteiger partial charge on any atom is 0.441 e. The van der Waals surface area contributed by atoms with Gasteiger partial charge in [0.05, 0.1) is 6.61 Å². The van der Waals surface area contributed by atoms with Crippen molar-refractivity contribution in [1.29, 1.82) is 0 Å². The van der Waals surface area contributed by atoms with Gasteiger partial charge < -0.3 is 9.84 Å². The van der Waals surface area contributed by atoms with Crippen molar-refractivity contribution in [1.82, 2.24) is 0 Å². The summed E-state index contributed by atoms with van der Waals surface area (Å²) < 4.78 is 40.2. The molecule has 1 aromatic rings. The van der Waals surface area contributed by atoms with Crippen LogP contribution in [-0.4, -0.2) is 23.0 Å². The molecule has 0 aromatic heterocycles. The van der Waals surface area contributed by atoms with Crippen molar-refractivity contribution < 1.29 is 23.0 Å². The Morgan fingerprint density at radius 1 is 1.20 bits per heavy atom. The van der Waals surface area contributed by atoms with Crippen LogP contribution in [0, 0.1) is 0 Å². The van der Waals surface area contributed by atoms with Gasteiger partial charge in [0.25, 0.3) is 0 Å². The largest absolute Gasteiger partial charge is 0.508 e. The minimum atomic E-state index is -4.21. The van der Waals surface area contributed by atoms with Gasteiger partial charge in [-0.25, -0.2) is 0 Å². The van der Waals surface area contributed by atoms with Gasteiger partial charge in [-0.05, 0) is 36.0 Å². The SMILES string of the molecule is Oc1ccc(OCCSC(F)(F)F)cc1. The zero-order chi connectivity index (χ0) is 11.3. The first-order valence-electron chi connectivity index (χ1n) is 4.10. The van der Waals surface area contributed by atoms with Crippen LogP contribution in [0.3, 0.4) is 0 Å². The van der Waals surface area contributed by atoms with E-state index in [0.29, 0.717) is 5.75 Å². The summed E-state index contributed by atoms with van der Waals surface area (Å²) in [6.07, 6.45) is 0. The quantitative estimate of drug-likeness (QED) is 0.817. The Kier molecular flexibility index (Phi) is 4.14. The van der Waals surface area contributed by atoms with Crippen LogP contribution >= 0.6 is 11.8 Å². The number of rotatable bonds is 4. The number of thioether (sulfide) groups is 1. The molecule has 0 radical (unpaired) electrons. The van der Waals surface area contributed by atoms with E-state index in [0.717, 1.165) is 0 Å². The zero-order valence-electron chi connectivity index (χ0n) is 7.62. The second kappa shape index (κ2) is 5.16. The molecule has 2 nitrogen and oxygen atoms in total. The smallest absolute Gasteiger partial charge is 0.441 e. The fourth-order valence-corrected chi connectivity index (χ4v) is 1.26. The third-order valence-corrected chi connectivity index (χ3v) is 2.15. The summed E-state index contributed by atoms with van der Waals surface area (Å²) in [6.45, 7) is -0.0189. The first-order valence-corrected chi connectivity index (χ1v) is 5.08. The number of phenols is 1. The van der Waals surface area contributed by atoms with Crippen LogP contribution in [0.15, 0.2) is 24.3 Å². The Morgan fingerprint density at radius 2 is 1.80 bits per heavy atom. The van der Waals surface area contributed by atoms with Gasteiger partial charge in [0.2, 0.25) is 0 Å². The van der Waals surface area contributed by atoms with Crippen LogP contribution in [0.5, 0.6) is 11.5 Å². The Hall–Kier alpha value is -1.04. The molecule has 0 aliphatic carbocycles. The summed E-state index contributed by atoms with van der Waals surface area (Å²) >= 11 is -0.118. The summed E-state index contributed by atoms with van der Waals surface area (Å²) in [5.41, 5.74) is -4.21. The van der Waals surface area contributed by atoms with Crippen LogP contribution in [-0.2, 0) is 0 Å². The molecule has 1 N–H and O–H groups in total. The Morgan fingerprint density at radius 3 is 2.33 bits per heavy atom. The predicted molar refractivity (Wildman–Crippen MR) is 52.1 cm³/mol. The highest BCUT2D eigenvalue weighted by atomic mass is 32.2. The van der Waals surface area contributed by atoms with Crippen LogP contribution < -0.4 is 4.74 Å². The standard InChI is InChI=1S/C9H9F3O2S/c10-9(11,12)15-6-5-14-8-3-1-7(13)2-4-8/h1-4,13H,5-6H2. The summed E-state index contributed by atoms with van der Waals surface area (Å²) in [5, 5.41) is 8.93. The molecule has 0 saturated heterocycles. The molecular formula is C9H9F3O2S. The lowest BCUT2D eigenvalue weighted by Gasteiger charge is -2.07. The molecular weight excluding hydrogens is 229 g/mol. The summed E-state index contributed by atoms with van der Waals surface area (Å²) in [6, 6.07) is 5.81. The molecule has 84 valence electrons. The lowest BCUT2D eigenvalue weighted by molar-refractivity contribution is -0.0329. The zero-order valence-corrected chi connectivity index (χ0v) is 8.44. The second-order valence-corrected chi connectivity index (χ2v) is 3.80. The van der Waals surface area contributed by atoms with Crippen molar-refractivity contribution in [2.45, 2.75) is 5.51 Å². The van der Waals surface area contributed by atoms with E-state index in [-0.39, 0.29) is 29.9 Å². The van der Waals surface area contributed by atoms with E-state index in [1.165, 1.54) is 24.3 Å². The van der Waals surface area contributed by atoms with Crippen molar-refractivity contribution in [3.8, 4) is 11.5 Å². The number of ether oxygens (including phenoxy) is 1. The van der Waals surface area contributed by atoms with Crippen molar-refractivity contribution in [3.05, 3.63) is 24.3 Å². The molecule has 15 heavy (non-hydrogen) atoms. The molecule has 0 fully saturated rings. The molecule has 0 atom stereocenters. The first kappa shape index (κ1) is 12.0. The van der Waals surface area contributed by atoms with Gasteiger partial charge in [-0.15, -0.1) is 0 Å². The van der Waals surface area contributed by atoms with E-state index in [9.17, 15) is 13.2 Å². The molecule has 6 heteroatoms. The van der Waals surface area contributed by atoms with Crippen molar-refractivity contribution in [3.63, 3.8) is 0 Å². The Labute approximate surface area is 89.1 Å². The van der Waals surface area contributed by atoms with E-state index in [1.807, 2.05) is 0 Å². The molecule has 0 aliphatic rings. The minimum absolute atomic E-state index is 0.0189. The van der Waals surface area contributed by atoms with Crippen molar-refractivity contribution in [2.24, 2.45) is 0 Å². The van der Waals surface area contributed by atoms with Crippen molar-refractivity contribution in [2.75, 3.05) is 12.4 Å². The third-order valence-electron chi connectivity index (χ3n) is 1.45. The number of aromatic hydroxyl groups is 1. The van der Waals surface area contributed by atoms with E-state index in [1.54, 1.807) is 0 Å². The summed E-state index contributed by atoms with van der Waals surface area (Å²) in [7, 11) is 0. The molecule has 0 amide bonds. The van der Waals surface area contributed by atoms with E-state index in [4.69, 9.17) is 9.84 Å². The molecule has 1 rings (SSSR count). The van der Waals surface area contributed by atoms with Crippen LogP contribution in [0.25, 0.3) is 0 Å². The van der Waals surface area contributed by atoms with Gasteiger partial charge in [-0.2, -0.15) is 13.2 Å². The van der Waals surface area contributed by atoms with Crippen LogP contribution in [0.2, 0.25) is 0 Å². The fraction of sp³-hybridized carbons (Fsp3) is 0.333. The number of hydrogen-bond donors (Lipinski definition) is 1. The number of phenolic OH excluding ortho intramolecular Hbond substituents is 1. The molecule has 0 saturated carbocycles. The average Bonchev–Trinajstić information content (AvgIpc) is 2.14. The monoisotopic (exact) mass is 238 g/mol. The maximum absolute atomic E-state index is 11.7. The summed E-state index contributed by atoms with van der Waals surface area (Å²) in [5.74, 6) is 0.382. The normalized spacial score (nSPS) is 11.4. The second-order valence-electron chi connectivity index (χ2n) is 2.64. The van der Waals surface area contributed by atoms with Crippen molar-refractivity contribution >= 4 is 11.8 Å². The Balaban J connectivity index is 2.23. The number of hydrogen-bond acceptors (Lipinski definition) is 3. The van der Waals surface area contributed by atoms with Gasteiger partial charge in [0, 0.05) is 5.75 Å². The highest BCUT2D eigenvalue weighted by molar-refractivity contribution is 8.00. The lowest BCUT2D eigenvalue weighted by Crippen LogP contribution is -2.07. The molecule has 0 heterocycles. The highest BCUT2D eigenvalue weighted by Crippen LogP contribution is 2.29. The van der Waals surface area contributed by atoms with Gasteiger partial charge >= 0.3 is 5.51 Å². The highest BCUT2D eigenvalue weighted by Gasteiger charge is 2.27. The predicted octanol–water partition coefficient (Wildman–Crippen LogP) is 3.02. The van der Waals surface area contributed by atoms with Gasteiger partial charge in [-0.3, -0.25) is 0 Å². The first-order chi connectivity index (χ1) is 6.97. The average molecular weight is 238 g/mol. The number of alkyl halides is 3. The van der Waals surface area contributed by atoms with Gasteiger partial charge in [0.1, 0.15) is 11.5 Å². The van der Waals surface area contributed by atoms with E-state index < -0.39 is 5.51 Å². The Bertz CT molecular complexity index is 297. The molecule has 0 aliphatic heterocycles. The molecule has 0 bridgehead atoms. The third kappa shape index (κ3) is 5.41. The van der Waals surface area contributed by atoms with Crippen LogP contribution in [0.1, 0.15) is 0 Å². The van der Waals surface area contributed by atoms with Gasteiger partial charge in [0.15, 0.2) is 0 Å².